The zero-order chi connectivity index (χ0) is 49.0. The number of hydrogen-bond acceptors (Lipinski definition) is 4. The van der Waals surface area contributed by atoms with E-state index in [-0.39, 0.29) is 5.60 Å². The fourth-order valence-electron chi connectivity index (χ4n) is 8.19. The van der Waals surface area contributed by atoms with Crippen molar-refractivity contribution in [2.45, 2.75) is 154 Å². The highest BCUT2D eigenvalue weighted by atomic mass is 35.5. The Balaban J connectivity index is 1.39. The maximum Gasteiger partial charge on any atom is 0.157 e. The van der Waals surface area contributed by atoms with E-state index in [0.29, 0.717) is 76.4 Å². The molecule has 0 spiro atoms. The van der Waals surface area contributed by atoms with E-state index in [0.717, 1.165) is 99.3 Å². The molecule has 0 radical (unpaired) electrons. The smallest absolute Gasteiger partial charge is 0.157 e. The van der Waals surface area contributed by atoms with Crippen LogP contribution < -0.4 is 18.9 Å². The minimum absolute atomic E-state index is 0.389. The number of allylic oxidation sites excluding steroid dienone is 2. The van der Waals surface area contributed by atoms with Gasteiger partial charge in [-0.25, -0.2) is 0 Å². The van der Waals surface area contributed by atoms with Crippen molar-refractivity contribution in [1.82, 2.24) is 0 Å². The number of halogens is 8. The summed E-state index contributed by atoms with van der Waals surface area (Å²) < 4.78 is 25.4. The summed E-state index contributed by atoms with van der Waals surface area (Å²) >= 11 is 54.8. The van der Waals surface area contributed by atoms with Gasteiger partial charge in [0.2, 0.25) is 0 Å². The molecule has 0 unspecified atom stereocenters. The van der Waals surface area contributed by atoms with Gasteiger partial charge in [0.25, 0.3) is 0 Å². The van der Waals surface area contributed by atoms with Crippen molar-refractivity contribution in [1.29, 1.82) is 0 Å². The van der Waals surface area contributed by atoms with E-state index >= 15 is 0 Å². The second kappa shape index (κ2) is 25.1. The molecule has 0 aliphatic carbocycles. The van der Waals surface area contributed by atoms with E-state index in [2.05, 4.69) is 68.5 Å². The standard InChI is InChI=1S/C54H66Cl8O4/c1-11-17-21-25-63-47-39(55)27-35(28-40(47)56)51(7,8)38-33-45(61)50(46(62)34-38)66-54(15-5,16-6)24-20-19-22-26-64-48-41(57)29-36(30-42(48)58)52(9,10)37-31-43(59)49(44(60)32-37)65-53(13-3,14-4)23-18-12-2/h11-12,27-34H,1-2,13-26H2,3-10H3. The Hall–Kier alpha value is -2.12. The van der Waals surface area contributed by atoms with Gasteiger partial charge in [0.05, 0.1) is 53.4 Å². The Morgan fingerprint density at radius 3 is 1.03 bits per heavy atom. The summed E-state index contributed by atoms with van der Waals surface area (Å²) in [6, 6.07) is 15.2. The molecular formula is C54H66Cl8O4. The number of ether oxygens (including phenoxy) is 4. The van der Waals surface area contributed by atoms with Crippen molar-refractivity contribution in [3.63, 3.8) is 0 Å². The van der Waals surface area contributed by atoms with Crippen LogP contribution in [-0.4, -0.2) is 24.4 Å². The van der Waals surface area contributed by atoms with Gasteiger partial charge in [0.15, 0.2) is 23.0 Å². The summed E-state index contributed by atoms with van der Waals surface area (Å²) in [5.74, 6) is 1.89. The predicted octanol–water partition coefficient (Wildman–Crippen LogP) is 20.4. The first kappa shape index (κ1) is 56.5. The fraction of sp³-hybridized carbons (Fsp3) is 0.481. The molecule has 0 amide bonds. The summed E-state index contributed by atoms with van der Waals surface area (Å²) in [5, 5.41) is 3.52. The van der Waals surface area contributed by atoms with Crippen LogP contribution in [0.3, 0.4) is 0 Å². The summed E-state index contributed by atoms with van der Waals surface area (Å²) in [5.41, 5.74) is 1.63. The van der Waals surface area contributed by atoms with Crippen LogP contribution >= 0.6 is 92.8 Å². The van der Waals surface area contributed by atoms with Gasteiger partial charge in [-0.2, -0.15) is 0 Å². The molecule has 4 aromatic carbocycles. The molecule has 0 atom stereocenters. The number of unbranched alkanes of at least 4 members (excludes halogenated alkanes) is 3. The van der Waals surface area contributed by atoms with Gasteiger partial charge in [0, 0.05) is 10.8 Å². The maximum absolute atomic E-state index is 6.99. The molecule has 362 valence electrons. The zero-order valence-electron chi connectivity index (χ0n) is 39.7. The van der Waals surface area contributed by atoms with Crippen molar-refractivity contribution >= 4 is 92.8 Å². The SMILES string of the molecule is C=CCCCOc1c(Cl)cc(C(C)(C)c2cc(Cl)c(OC(CC)(CC)CCCCCOc3c(Cl)cc(C(C)(C)c4cc(Cl)c(OC(CC)(CC)CCC=C)c(Cl)c4)cc3Cl)c(Cl)c2)cc1Cl. The summed E-state index contributed by atoms with van der Waals surface area (Å²) in [6.07, 6.45) is 13.7. The zero-order valence-corrected chi connectivity index (χ0v) is 45.8. The average Bonchev–Trinajstić information content (AvgIpc) is 3.27. The first-order valence-electron chi connectivity index (χ1n) is 23.0. The lowest BCUT2D eigenvalue weighted by molar-refractivity contribution is 0.0481. The fourth-order valence-corrected chi connectivity index (χ4v) is 10.5. The minimum atomic E-state index is -0.551. The van der Waals surface area contributed by atoms with Crippen molar-refractivity contribution in [3.8, 4) is 23.0 Å². The van der Waals surface area contributed by atoms with Gasteiger partial charge in [-0.1, -0.05) is 160 Å². The molecule has 0 aliphatic rings. The largest absolute Gasteiger partial charge is 0.490 e. The highest BCUT2D eigenvalue weighted by molar-refractivity contribution is 6.39. The van der Waals surface area contributed by atoms with Gasteiger partial charge in [-0.3, -0.25) is 0 Å². The van der Waals surface area contributed by atoms with Crippen LogP contribution in [0.25, 0.3) is 0 Å². The molecule has 4 aromatic rings. The number of hydrogen-bond donors (Lipinski definition) is 0. The third kappa shape index (κ3) is 13.8. The van der Waals surface area contributed by atoms with E-state index < -0.39 is 16.4 Å². The average molecular weight is 1060 g/mol. The van der Waals surface area contributed by atoms with Crippen LogP contribution in [-0.2, 0) is 10.8 Å². The molecule has 0 aromatic heterocycles. The minimum Gasteiger partial charge on any atom is -0.490 e. The molecular weight excluding hydrogens is 996 g/mol. The molecule has 0 heterocycles. The normalized spacial score (nSPS) is 12.3. The highest BCUT2D eigenvalue weighted by Gasteiger charge is 2.34. The van der Waals surface area contributed by atoms with E-state index in [9.17, 15) is 0 Å². The van der Waals surface area contributed by atoms with Crippen molar-refractivity contribution in [2.24, 2.45) is 0 Å². The van der Waals surface area contributed by atoms with Crippen molar-refractivity contribution in [3.05, 3.63) is 136 Å². The highest BCUT2D eigenvalue weighted by Crippen LogP contribution is 2.48. The lowest BCUT2D eigenvalue weighted by Crippen LogP contribution is -2.35. The Morgan fingerprint density at radius 2 is 0.712 bits per heavy atom. The van der Waals surface area contributed by atoms with E-state index in [4.69, 9.17) is 112 Å². The monoisotopic (exact) mass is 1060 g/mol. The van der Waals surface area contributed by atoms with Crippen LogP contribution in [0.15, 0.2) is 73.8 Å². The lowest BCUT2D eigenvalue weighted by Gasteiger charge is -2.34. The lowest BCUT2D eigenvalue weighted by atomic mass is 9.78. The Morgan fingerprint density at radius 1 is 0.409 bits per heavy atom. The summed E-state index contributed by atoms with van der Waals surface area (Å²) in [6.45, 7) is 25.4. The third-order valence-corrected chi connectivity index (χ3v) is 15.5. The van der Waals surface area contributed by atoms with Gasteiger partial charge < -0.3 is 18.9 Å². The first-order chi connectivity index (χ1) is 31.2. The summed E-state index contributed by atoms with van der Waals surface area (Å²) in [4.78, 5) is 0. The Labute approximate surface area is 435 Å². The number of benzene rings is 4. The number of rotatable bonds is 27. The Bertz CT molecular complexity index is 2190. The maximum atomic E-state index is 6.99. The second-order valence-electron chi connectivity index (χ2n) is 18.1. The molecule has 0 fully saturated rings. The molecule has 0 bridgehead atoms. The van der Waals surface area contributed by atoms with Gasteiger partial charge in [-0.05, 0) is 148 Å². The van der Waals surface area contributed by atoms with Crippen LogP contribution in [0, 0.1) is 0 Å². The van der Waals surface area contributed by atoms with Crippen LogP contribution in [0.1, 0.15) is 155 Å². The molecule has 0 saturated heterocycles. The van der Waals surface area contributed by atoms with E-state index in [1.807, 2.05) is 60.7 Å². The third-order valence-electron chi connectivity index (χ3n) is 13.2. The molecule has 12 heteroatoms. The molecule has 66 heavy (non-hydrogen) atoms. The van der Waals surface area contributed by atoms with E-state index in [1.165, 1.54) is 0 Å². The summed E-state index contributed by atoms with van der Waals surface area (Å²) in [7, 11) is 0. The van der Waals surface area contributed by atoms with Gasteiger partial charge in [0.1, 0.15) is 11.2 Å². The van der Waals surface area contributed by atoms with Gasteiger partial charge >= 0.3 is 0 Å². The topological polar surface area (TPSA) is 36.9 Å². The molecule has 0 N–H and O–H groups in total. The molecule has 0 aliphatic heterocycles. The predicted molar refractivity (Wildman–Crippen MR) is 286 cm³/mol. The second-order valence-corrected chi connectivity index (χ2v) is 21.3. The first-order valence-corrected chi connectivity index (χ1v) is 26.0. The van der Waals surface area contributed by atoms with Crippen LogP contribution in [0.2, 0.25) is 40.2 Å². The quantitative estimate of drug-likeness (QED) is 0.0440. The van der Waals surface area contributed by atoms with Crippen molar-refractivity contribution in [2.75, 3.05) is 13.2 Å². The molecule has 0 saturated carbocycles. The molecule has 4 rings (SSSR count). The van der Waals surface area contributed by atoms with E-state index in [1.54, 1.807) is 0 Å². The van der Waals surface area contributed by atoms with Crippen LogP contribution in [0.4, 0.5) is 0 Å². The Kier molecular flexibility index (Phi) is 21.5. The van der Waals surface area contributed by atoms with Crippen LogP contribution in [0.5, 0.6) is 23.0 Å². The van der Waals surface area contributed by atoms with Gasteiger partial charge in [-0.15, -0.1) is 13.2 Å². The molecule has 4 nitrogen and oxygen atoms in total. The van der Waals surface area contributed by atoms with Crippen molar-refractivity contribution < 1.29 is 18.9 Å².